The van der Waals surface area contributed by atoms with Gasteiger partial charge in [-0.1, -0.05) is 17.3 Å². The number of nitrogens with one attached hydrogen (secondary N) is 1. The molecule has 0 amide bonds. The van der Waals surface area contributed by atoms with Gasteiger partial charge in [0.15, 0.2) is 5.52 Å². The largest absolute Gasteiger partial charge is 0.248 e. The number of aromatic nitrogens is 4. The molecule has 0 atom stereocenters. The summed E-state index contributed by atoms with van der Waals surface area (Å²) in [7, 11) is 0. The fraction of sp³-hybridized carbons (Fsp3) is 0. The average Bonchev–Trinajstić information content (AvgIpc) is 2.65. The van der Waals surface area contributed by atoms with Crippen LogP contribution in [0.2, 0.25) is 0 Å². The topological polar surface area (TPSA) is 45.7 Å². The first-order valence-corrected chi connectivity index (χ1v) is 4.04. The van der Waals surface area contributed by atoms with E-state index in [1.807, 2.05) is 28.8 Å². The van der Waals surface area contributed by atoms with Gasteiger partial charge in [0.1, 0.15) is 5.52 Å². The van der Waals surface area contributed by atoms with Crippen LogP contribution in [0.5, 0.6) is 0 Å². The van der Waals surface area contributed by atoms with Gasteiger partial charge in [0.2, 0.25) is 11.7 Å². The summed E-state index contributed by atoms with van der Waals surface area (Å²) in [6.07, 6.45) is 3.55. The first-order valence-electron chi connectivity index (χ1n) is 4.04. The van der Waals surface area contributed by atoms with E-state index in [0.717, 1.165) is 16.6 Å². The molecule has 0 unspecified atom stereocenters. The minimum atomic E-state index is 0.962. The molecule has 2 heterocycles. The van der Waals surface area contributed by atoms with Crippen LogP contribution in [0.4, 0.5) is 0 Å². The summed E-state index contributed by atoms with van der Waals surface area (Å²) in [4.78, 5) is 4.30. The molecule has 3 aromatic rings. The van der Waals surface area contributed by atoms with Crippen LogP contribution in [0.1, 0.15) is 0 Å². The average molecular weight is 171 g/mol. The zero-order valence-electron chi connectivity index (χ0n) is 6.81. The fourth-order valence-electron chi connectivity index (χ4n) is 1.45. The lowest BCUT2D eigenvalue weighted by Gasteiger charge is -1.92. The first kappa shape index (κ1) is 6.54. The van der Waals surface area contributed by atoms with Crippen molar-refractivity contribution in [2.45, 2.75) is 0 Å². The standard InChI is InChI=1S/C9H6N4/c1-2-4-9-8(3-1)10-5-7-6-11-12-13(7)9/h1-6H/p+1. The van der Waals surface area contributed by atoms with Gasteiger partial charge in [-0.25, -0.2) is 4.98 Å². The van der Waals surface area contributed by atoms with Gasteiger partial charge < -0.3 is 0 Å². The van der Waals surface area contributed by atoms with Crippen LogP contribution in [0.3, 0.4) is 0 Å². The van der Waals surface area contributed by atoms with Gasteiger partial charge in [-0.2, -0.15) is 0 Å². The lowest BCUT2D eigenvalue weighted by atomic mass is 10.3. The molecule has 0 saturated carbocycles. The molecule has 0 bridgehead atoms. The number of hydrogen-bond acceptors (Lipinski definition) is 2. The highest BCUT2D eigenvalue weighted by Gasteiger charge is 2.06. The van der Waals surface area contributed by atoms with Crippen molar-refractivity contribution in [2.24, 2.45) is 0 Å². The van der Waals surface area contributed by atoms with E-state index in [4.69, 9.17) is 0 Å². The molecule has 4 nitrogen and oxygen atoms in total. The van der Waals surface area contributed by atoms with Gasteiger partial charge in [-0.05, 0) is 12.1 Å². The predicted octanol–water partition coefficient (Wildman–Crippen LogP) is 0.697. The van der Waals surface area contributed by atoms with Crippen LogP contribution < -0.4 is 4.52 Å². The number of nitrogens with zero attached hydrogens (tertiary/aromatic N) is 3. The van der Waals surface area contributed by atoms with E-state index in [1.165, 1.54) is 0 Å². The Morgan fingerprint density at radius 3 is 3.08 bits per heavy atom. The lowest BCUT2D eigenvalue weighted by Crippen LogP contribution is -2.24. The Bertz CT molecular complexity index is 570. The Balaban J connectivity index is 2.65. The molecule has 0 spiro atoms. The number of hydrogen-bond donors (Lipinski definition) is 1. The zero-order valence-corrected chi connectivity index (χ0v) is 6.81. The molecule has 0 fully saturated rings. The molecule has 62 valence electrons. The van der Waals surface area contributed by atoms with E-state index in [1.54, 1.807) is 12.4 Å². The molecule has 0 saturated heterocycles. The highest BCUT2D eigenvalue weighted by atomic mass is 15.4. The minimum absolute atomic E-state index is 0.962. The van der Waals surface area contributed by atoms with Gasteiger partial charge in [-0.3, -0.25) is 0 Å². The molecule has 3 rings (SSSR count). The van der Waals surface area contributed by atoms with Crippen LogP contribution in [0.15, 0.2) is 36.7 Å². The van der Waals surface area contributed by atoms with Crippen molar-refractivity contribution in [2.75, 3.05) is 0 Å². The Labute approximate surface area is 73.8 Å². The smallest absolute Gasteiger partial charge is 0.217 e. The third kappa shape index (κ3) is 0.823. The molecule has 13 heavy (non-hydrogen) atoms. The maximum absolute atomic E-state index is 4.30. The Morgan fingerprint density at radius 2 is 2.08 bits per heavy atom. The van der Waals surface area contributed by atoms with E-state index in [-0.39, 0.29) is 0 Å². The van der Waals surface area contributed by atoms with Gasteiger partial charge >= 0.3 is 0 Å². The number of fused-ring (bicyclic) bond motifs is 3. The van der Waals surface area contributed by atoms with E-state index in [9.17, 15) is 0 Å². The number of para-hydroxylation sites is 2. The van der Waals surface area contributed by atoms with Crippen molar-refractivity contribution in [3.8, 4) is 0 Å². The zero-order chi connectivity index (χ0) is 8.67. The molecule has 0 aliphatic rings. The van der Waals surface area contributed by atoms with Crippen molar-refractivity contribution in [3.05, 3.63) is 36.7 Å². The van der Waals surface area contributed by atoms with Crippen molar-refractivity contribution >= 4 is 16.6 Å². The number of benzene rings is 1. The molecular formula is C9H7N4+. The maximum atomic E-state index is 4.30. The van der Waals surface area contributed by atoms with Gasteiger partial charge in [0, 0.05) is 5.10 Å². The molecule has 1 N–H and O–H groups in total. The molecular weight excluding hydrogens is 164 g/mol. The third-order valence-electron chi connectivity index (χ3n) is 2.07. The molecule has 0 aliphatic heterocycles. The maximum Gasteiger partial charge on any atom is 0.217 e. The summed E-state index contributed by atoms with van der Waals surface area (Å²) >= 11 is 0. The fourth-order valence-corrected chi connectivity index (χ4v) is 1.45. The van der Waals surface area contributed by atoms with Crippen LogP contribution in [0, 0.1) is 0 Å². The second-order valence-electron chi connectivity index (χ2n) is 2.87. The van der Waals surface area contributed by atoms with E-state index >= 15 is 0 Å². The van der Waals surface area contributed by atoms with Gasteiger partial charge in [-0.15, -0.1) is 4.52 Å². The second-order valence-corrected chi connectivity index (χ2v) is 2.87. The van der Waals surface area contributed by atoms with E-state index in [0.29, 0.717) is 0 Å². The highest BCUT2D eigenvalue weighted by molar-refractivity contribution is 5.71. The second kappa shape index (κ2) is 2.26. The molecule has 4 heteroatoms. The lowest BCUT2D eigenvalue weighted by molar-refractivity contribution is -0.554. The Kier molecular flexibility index (Phi) is 1.14. The van der Waals surface area contributed by atoms with E-state index in [2.05, 4.69) is 15.3 Å². The highest BCUT2D eigenvalue weighted by Crippen LogP contribution is 2.05. The Morgan fingerprint density at radius 1 is 1.15 bits per heavy atom. The number of rotatable bonds is 0. The molecule has 0 radical (unpaired) electrons. The summed E-state index contributed by atoms with van der Waals surface area (Å²) in [6, 6.07) is 7.94. The van der Waals surface area contributed by atoms with Crippen molar-refractivity contribution in [1.82, 2.24) is 15.3 Å². The monoisotopic (exact) mass is 171 g/mol. The minimum Gasteiger partial charge on any atom is -0.248 e. The Hall–Kier alpha value is -1.97. The van der Waals surface area contributed by atoms with Crippen molar-refractivity contribution in [1.29, 1.82) is 0 Å². The summed E-state index contributed by atoms with van der Waals surface area (Å²) in [6.45, 7) is 0. The molecule has 0 aliphatic carbocycles. The quantitative estimate of drug-likeness (QED) is 0.506. The van der Waals surface area contributed by atoms with Crippen LogP contribution >= 0.6 is 0 Å². The summed E-state index contributed by atoms with van der Waals surface area (Å²) in [5.74, 6) is 0. The molecule has 1 aromatic carbocycles. The summed E-state index contributed by atoms with van der Waals surface area (Å²) in [5.41, 5.74) is 2.97. The van der Waals surface area contributed by atoms with E-state index < -0.39 is 0 Å². The summed E-state index contributed by atoms with van der Waals surface area (Å²) < 4.78 is 1.91. The third-order valence-corrected chi connectivity index (χ3v) is 2.07. The molecule has 2 aromatic heterocycles. The van der Waals surface area contributed by atoms with Crippen LogP contribution in [0.25, 0.3) is 16.6 Å². The first-order chi connectivity index (χ1) is 6.45. The number of H-pyrrole nitrogens is 1. The van der Waals surface area contributed by atoms with Crippen LogP contribution in [-0.4, -0.2) is 15.3 Å². The summed E-state index contributed by atoms with van der Waals surface area (Å²) in [5, 5.41) is 6.84. The SMILES string of the molecule is c1ccc2c(c1)ncc1cn[nH][n+]12. The van der Waals surface area contributed by atoms with Gasteiger partial charge in [0.25, 0.3) is 0 Å². The van der Waals surface area contributed by atoms with Gasteiger partial charge in [0.05, 0.1) is 6.20 Å². The van der Waals surface area contributed by atoms with Crippen LogP contribution in [-0.2, 0) is 0 Å². The number of aromatic amines is 1. The van der Waals surface area contributed by atoms with Crippen molar-refractivity contribution in [3.63, 3.8) is 0 Å². The predicted molar refractivity (Wildman–Crippen MR) is 47.0 cm³/mol. The van der Waals surface area contributed by atoms with Crippen molar-refractivity contribution < 1.29 is 4.52 Å². The normalized spacial score (nSPS) is 11.1.